The van der Waals surface area contributed by atoms with Crippen LogP contribution in [0.1, 0.15) is 47.0 Å². The first-order chi connectivity index (χ1) is 7.87. The first kappa shape index (κ1) is 14.9. The van der Waals surface area contributed by atoms with Crippen LogP contribution in [0, 0.1) is 5.92 Å². The van der Waals surface area contributed by atoms with Crippen LogP contribution in [0.15, 0.2) is 0 Å². The number of nitrogens with one attached hydrogen (secondary N) is 1. The standard InChI is InChI=1S/C14H30N2O/c1-12(2)10-16(9-7-14(3,4)17)11-13-6-5-8-15-13/h12-13,15,17H,5-11H2,1-4H3. The minimum Gasteiger partial charge on any atom is -0.390 e. The molecule has 102 valence electrons. The van der Waals surface area contributed by atoms with Crippen LogP contribution < -0.4 is 5.32 Å². The molecule has 2 N–H and O–H groups in total. The van der Waals surface area contributed by atoms with E-state index < -0.39 is 5.60 Å². The highest BCUT2D eigenvalue weighted by Crippen LogP contribution is 2.13. The molecule has 0 amide bonds. The van der Waals surface area contributed by atoms with Gasteiger partial charge in [-0.1, -0.05) is 13.8 Å². The van der Waals surface area contributed by atoms with Crippen molar-refractivity contribution < 1.29 is 5.11 Å². The summed E-state index contributed by atoms with van der Waals surface area (Å²) in [4.78, 5) is 2.51. The molecule has 3 nitrogen and oxygen atoms in total. The molecule has 1 saturated heterocycles. The molecule has 0 aromatic heterocycles. The van der Waals surface area contributed by atoms with Crippen LogP contribution in [0.4, 0.5) is 0 Å². The van der Waals surface area contributed by atoms with Crippen molar-refractivity contribution in [2.75, 3.05) is 26.2 Å². The van der Waals surface area contributed by atoms with E-state index in [9.17, 15) is 5.11 Å². The molecule has 0 saturated carbocycles. The van der Waals surface area contributed by atoms with Crippen LogP contribution in [-0.4, -0.2) is 47.8 Å². The Hall–Kier alpha value is -0.120. The van der Waals surface area contributed by atoms with Crippen molar-refractivity contribution in [3.63, 3.8) is 0 Å². The Morgan fingerprint density at radius 2 is 2.12 bits per heavy atom. The SMILES string of the molecule is CC(C)CN(CCC(C)(C)O)CC1CCCN1. The van der Waals surface area contributed by atoms with E-state index in [1.807, 2.05) is 13.8 Å². The maximum atomic E-state index is 9.82. The number of aliphatic hydroxyl groups is 1. The average molecular weight is 242 g/mol. The molecular weight excluding hydrogens is 212 g/mol. The van der Waals surface area contributed by atoms with Crippen LogP contribution in [-0.2, 0) is 0 Å². The Balaban J connectivity index is 2.36. The molecule has 1 unspecified atom stereocenters. The predicted molar refractivity (Wildman–Crippen MR) is 73.2 cm³/mol. The normalized spacial score (nSPS) is 21.7. The molecule has 0 aromatic carbocycles. The van der Waals surface area contributed by atoms with E-state index >= 15 is 0 Å². The summed E-state index contributed by atoms with van der Waals surface area (Å²) in [7, 11) is 0. The molecule has 1 aliphatic rings. The van der Waals surface area contributed by atoms with Crippen LogP contribution in [0.5, 0.6) is 0 Å². The lowest BCUT2D eigenvalue weighted by Crippen LogP contribution is -2.41. The minimum absolute atomic E-state index is 0.543. The average Bonchev–Trinajstić information content (AvgIpc) is 2.65. The van der Waals surface area contributed by atoms with E-state index in [0.29, 0.717) is 12.0 Å². The highest BCUT2D eigenvalue weighted by molar-refractivity contribution is 4.79. The van der Waals surface area contributed by atoms with Gasteiger partial charge in [-0.05, 0) is 45.6 Å². The Morgan fingerprint density at radius 3 is 2.59 bits per heavy atom. The van der Waals surface area contributed by atoms with Gasteiger partial charge >= 0.3 is 0 Å². The quantitative estimate of drug-likeness (QED) is 0.715. The Morgan fingerprint density at radius 1 is 1.41 bits per heavy atom. The first-order valence-corrected chi connectivity index (χ1v) is 7.05. The summed E-state index contributed by atoms with van der Waals surface area (Å²) >= 11 is 0. The van der Waals surface area contributed by atoms with Gasteiger partial charge in [0, 0.05) is 25.7 Å². The number of rotatable bonds is 7. The van der Waals surface area contributed by atoms with Gasteiger partial charge in [0.1, 0.15) is 0 Å². The zero-order valence-electron chi connectivity index (χ0n) is 12.0. The van der Waals surface area contributed by atoms with Gasteiger partial charge in [0.2, 0.25) is 0 Å². The topological polar surface area (TPSA) is 35.5 Å². The molecule has 1 fully saturated rings. The van der Waals surface area contributed by atoms with Crippen LogP contribution >= 0.6 is 0 Å². The van der Waals surface area contributed by atoms with Crippen molar-refractivity contribution in [3.05, 3.63) is 0 Å². The van der Waals surface area contributed by atoms with E-state index in [-0.39, 0.29) is 0 Å². The Bertz CT molecular complexity index is 205. The van der Waals surface area contributed by atoms with Crippen molar-refractivity contribution in [1.29, 1.82) is 0 Å². The highest BCUT2D eigenvalue weighted by atomic mass is 16.3. The fraction of sp³-hybridized carbons (Fsp3) is 1.00. The summed E-state index contributed by atoms with van der Waals surface area (Å²) in [6, 6.07) is 0.663. The van der Waals surface area contributed by atoms with Gasteiger partial charge in [-0.25, -0.2) is 0 Å². The maximum Gasteiger partial charge on any atom is 0.0603 e. The maximum absolute atomic E-state index is 9.82. The minimum atomic E-state index is -0.543. The molecular formula is C14H30N2O. The third kappa shape index (κ3) is 7.02. The lowest BCUT2D eigenvalue weighted by molar-refractivity contribution is 0.0547. The van der Waals surface area contributed by atoms with Crippen molar-refractivity contribution in [1.82, 2.24) is 10.2 Å². The number of hydrogen-bond acceptors (Lipinski definition) is 3. The van der Waals surface area contributed by atoms with Gasteiger partial charge in [0.05, 0.1) is 5.60 Å². The monoisotopic (exact) mass is 242 g/mol. The van der Waals surface area contributed by atoms with E-state index in [2.05, 4.69) is 24.1 Å². The van der Waals surface area contributed by atoms with E-state index in [0.717, 1.165) is 26.1 Å². The van der Waals surface area contributed by atoms with Gasteiger partial charge in [-0.2, -0.15) is 0 Å². The van der Waals surface area contributed by atoms with Gasteiger partial charge < -0.3 is 15.3 Å². The van der Waals surface area contributed by atoms with Crippen molar-refractivity contribution in [3.8, 4) is 0 Å². The molecule has 3 heteroatoms. The second kappa shape index (κ2) is 6.72. The van der Waals surface area contributed by atoms with Crippen LogP contribution in [0.25, 0.3) is 0 Å². The van der Waals surface area contributed by atoms with Crippen LogP contribution in [0.3, 0.4) is 0 Å². The molecule has 1 atom stereocenters. The summed E-state index contributed by atoms with van der Waals surface area (Å²) < 4.78 is 0. The second-order valence-electron chi connectivity index (χ2n) is 6.51. The summed E-state index contributed by atoms with van der Waals surface area (Å²) in [6.07, 6.45) is 3.47. The number of nitrogens with zero attached hydrogens (tertiary/aromatic N) is 1. The van der Waals surface area contributed by atoms with Crippen molar-refractivity contribution in [2.24, 2.45) is 5.92 Å². The summed E-state index contributed by atoms with van der Waals surface area (Å²) in [5, 5.41) is 13.4. The number of hydrogen-bond donors (Lipinski definition) is 2. The Kier molecular flexibility index (Phi) is 5.90. The van der Waals surface area contributed by atoms with Crippen molar-refractivity contribution >= 4 is 0 Å². The van der Waals surface area contributed by atoms with E-state index in [1.165, 1.54) is 19.4 Å². The molecule has 17 heavy (non-hydrogen) atoms. The fourth-order valence-corrected chi connectivity index (χ4v) is 2.43. The fourth-order valence-electron chi connectivity index (χ4n) is 2.43. The van der Waals surface area contributed by atoms with E-state index in [1.54, 1.807) is 0 Å². The van der Waals surface area contributed by atoms with Gasteiger partial charge in [0.15, 0.2) is 0 Å². The molecule has 0 bridgehead atoms. The Labute approximate surface area is 107 Å². The third-order valence-corrected chi connectivity index (χ3v) is 3.30. The molecule has 1 heterocycles. The first-order valence-electron chi connectivity index (χ1n) is 7.05. The summed E-state index contributed by atoms with van der Waals surface area (Å²) in [6.45, 7) is 12.8. The lowest BCUT2D eigenvalue weighted by Gasteiger charge is -2.29. The van der Waals surface area contributed by atoms with Crippen molar-refractivity contribution in [2.45, 2.75) is 58.6 Å². The van der Waals surface area contributed by atoms with Gasteiger partial charge in [-0.3, -0.25) is 0 Å². The zero-order valence-corrected chi connectivity index (χ0v) is 12.0. The summed E-state index contributed by atoms with van der Waals surface area (Å²) in [5.41, 5.74) is -0.543. The summed E-state index contributed by atoms with van der Waals surface area (Å²) in [5.74, 6) is 0.693. The molecule has 0 aliphatic carbocycles. The van der Waals surface area contributed by atoms with Gasteiger partial charge in [-0.15, -0.1) is 0 Å². The predicted octanol–water partition coefficient (Wildman–Crippen LogP) is 1.86. The van der Waals surface area contributed by atoms with E-state index in [4.69, 9.17) is 0 Å². The molecule has 0 spiro atoms. The highest BCUT2D eigenvalue weighted by Gasteiger charge is 2.20. The molecule has 1 rings (SSSR count). The second-order valence-corrected chi connectivity index (χ2v) is 6.51. The van der Waals surface area contributed by atoms with Crippen LogP contribution in [0.2, 0.25) is 0 Å². The lowest BCUT2D eigenvalue weighted by atomic mass is 10.0. The third-order valence-electron chi connectivity index (χ3n) is 3.30. The zero-order chi connectivity index (χ0) is 12.9. The van der Waals surface area contributed by atoms with Gasteiger partial charge in [0.25, 0.3) is 0 Å². The smallest absolute Gasteiger partial charge is 0.0603 e. The molecule has 0 radical (unpaired) electrons. The molecule has 1 aliphatic heterocycles. The largest absolute Gasteiger partial charge is 0.390 e. The molecule has 0 aromatic rings.